The van der Waals surface area contributed by atoms with Gasteiger partial charge in [0.1, 0.15) is 4.88 Å². The van der Waals surface area contributed by atoms with Gasteiger partial charge in [-0.3, -0.25) is 4.79 Å². The van der Waals surface area contributed by atoms with Crippen molar-refractivity contribution < 1.29 is 13.2 Å². The van der Waals surface area contributed by atoms with Gasteiger partial charge in [-0.2, -0.15) is 0 Å². The van der Waals surface area contributed by atoms with Crippen LogP contribution in [0.2, 0.25) is 0 Å². The molecule has 0 unspecified atom stereocenters. The standard InChI is InChI=1S/C11H12BrNO3S2/c12-9-6-8-10(17-9)11(14)13(7-2-1-3-7)4-5-18(8,15)16/h6-7H,1-5H2. The van der Waals surface area contributed by atoms with Gasteiger partial charge in [0.15, 0.2) is 9.84 Å². The molecule has 2 aliphatic rings. The predicted molar refractivity (Wildman–Crippen MR) is 72.7 cm³/mol. The van der Waals surface area contributed by atoms with Crippen molar-refractivity contribution in [2.45, 2.75) is 30.2 Å². The third-order valence-electron chi connectivity index (χ3n) is 3.57. The number of thiophene rings is 1. The highest BCUT2D eigenvalue weighted by Crippen LogP contribution is 2.36. The van der Waals surface area contributed by atoms with Crippen LogP contribution in [-0.4, -0.2) is 37.6 Å². The summed E-state index contributed by atoms with van der Waals surface area (Å²) in [6.07, 6.45) is 3.11. The summed E-state index contributed by atoms with van der Waals surface area (Å²) >= 11 is 4.48. The molecule has 0 radical (unpaired) electrons. The van der Waals surface area contributed by atoms with Crippen molar-refractivity contribution >= 4 is 43.0 Å². The number of nitrogens with zero attached hydrogens (tertiary/aromatic N) is 1. The van der Waals surface area contributed by atoms with Gasteiger partial charge in [0, 0.05) is 12.6 Å². The molecular weight excluding hydrogens is 338 g/mol. The quantitative estimate of drug-likeness (QED) is 0.781. The molecule has 0 atom stereocenters. The molecule has 0 N–H and O–H groups in total. The Hall–Kier alpha value is -0.400. The Morgan fingerprint density at radius 1 is 1.39 bits per heavy atom. The lowest BCUT2D eigenvalue weighted by molar-refractivity contribution is 0.0603. The summed E-state index contributed by atoms with van der Waals surface area (Å²) in [7, 11) is -3.32. The third-order valence-corrected chi connectivity index (χ3v) is 7.04. The van der Waals surface area contributed by atoms with Crippen molar-refractivity contribution in [3.63, 3.8) is 0 Å². The Morgan fingerprint density at radius 2 is 2.11 bits per heavy atom. The minimum absolute atomic E-state index is 0.0331. The number of fused-ring (bicyclic) bond motifs is 1. The van der Waals surface area contributed by atoms with E-state index in [1.807, 2.05) is 0 Å². The summed E-state index contributed by atoms with van der Waals surface area (Å²) in [5.74, 6) is -0.0859. The van der Waals surface area contributed by atoms with Crippen LogP contribution in [0.5, 0.6) is 0 Å². The number of amides is 1. The zero-order chi connectivity index (χ0) is 12.9. The fourth-order valence-corrected chi connectivity index (χ4v) is 5.84. The van der Waals surface area contributed by atoms with Gasteiger partial charge in [-0.15, -0.1) is 11.3 Å². The summed E-state index contributed by atoms with van der Waals surface area (Å²) in [6.45, 7) is 0.324. The molecule has 1 aromatic rings. The highest BCUT2D eigenvalue weighted by molar-refractivity contribution is 9.11. The van der Waals surface area contributed by atoms with Crippen molar-refractivity contribution in [1.29, 1.82) is 0 Å². The number of hydrogen-bond acceptors (Lipinski definition) is 4. The molecule has 18 heavy (non-hydrogen) atoms. The first-order valence-electron chi connectivity index (χ1n) is 5.82. The average molecular weight is 350 g/mol. The van der Waals surface area contributed by atoms with Crippen LogP contribution in [-0.2, 0) is 9.84 Å². The Bertz CT molecular complexity index is 604. The van der Waals surface area contributed by atoms with Gasteiger partial charge >= 0.3 is 0 Å². The van der Waals surface area contributed by atoms with Gasteiger partial charge in [-0.1, -0.05) is 0 Å². The molecule has 1 saturated carbocycles. The maximum Gasteiger partial charge on any atom is 0.265 e. The van der Waals surface area contributed by atoms with Gasteiger partial charge in [0.2, 0.25) is 0 Å². The summed E-state index contributed by atoms with van der Waals surface area (Å²) < 4.78 is 25.0. The first-order chi connectivity index (χ1) is 8.49. The fourth-order valence-electron chi connectivity index (χ4n) is 2.33. The van der Waals surface area contributed by atoms with Gasteiger partial charge in [-0.05, 0) is 41.3 Å². The first-order valence-corrected chi connectivity index (χ1v) is 9.08. The Morgan fingerprint density at radius 3 is 2.72 bits per heavy atom. The number of rotatable bonds is 1. The zero-order valence-electron chi connectivity index (χ0n) is 9.56. The van der Waals surface area contributed by atoms with Crippen LogP contribution in [0.25, 0.3) is 0 Å². The number of hydrogen-bond donors (Lipinski definition) is 0. The van der Waals surface area contributed by atoms with Crippen LogP contribution in [0, 0.1) is 0 Å². The molecule has 0 aromatic carbocycles. The van der Waals surface area contributed by atoms with E-state index in [2.05, 4.69) is 15.9 Å². The molecule has 0 saturated heterocycles. The van der Waals surface area contributed by atoms with E-state index in [4.69, 9.17) is 0 Å². The predicted octanol–water partition coefficient (Wildman–Crippen LogP) is 2.29. The molecule has 1 aliphatic heterocycles. The minimum atomic E-state index is -3.32. The van der Waals surface area contributed by atoms with E-state index in [1.165, 1.54) is 11.3 Å². The molecule has 1 fully saturated rings. The second-order valence-electron chi connectivity index (χ2n) is 4.65. The Kier molecular flexibility index (Phi) is 3.03. The molecule has 4 nitrogen and oxygen atoms in total. The first kappa shape index (κ1) is 12.6. The van der Waals surface area contributed by atoms with E-state index in [9.17, 15) is 13.2 Å². The van der Waals surface area contributed by atoms with E-state index in [-0.39, 0.29) is 22.6 Å². The van der Waals surface area contributed by atoms with Crippen molar-refractivity contribution in [2.24, 2.45) is 0 Å². The molecule has 2 heterocycles. The van der Waals surface area contributed by atoms with Crippen molar-refractivity contribution in [3.8, 4) is 0 Å². The minimum Gasteiger partial charge on any atom is -0.334 e. The lowest BCUT2D eigenvalue weighted by atomic mass is 9.91. The van der Waals surface area contributed by atoms with Crippen LogP contribution in [0.4, 0.5) is 0 Å². The number of halogens is 1. The molecule has 1 amide bonds. The van der Waals surface area contributed by atoms with Crippen LogP contribution in [0.15, 0.2) is 14.7 Å². The average Bonchev–Trinajstić information content (AvgIpc) is 2.60. The third kappa shape index (κ3) is 1.92. The molecule has 0 spiro atoms. The van der Waals surface area contributed by atoms with E-state index in [0.29, 0.717) is 15.2 Å². The van der Waals surface area contributed by atoms with Gasteiger partial charge in [-0.25, -0.2) is 8.42 Å². The Balaban J connectivity index is 2.08. The lowest BCUT2D eigenvalue weighted by Crippen LogP contribution is -2.44. The summed E-state index contributed by atoms with van der Waals surface area (Å²) in [6, 6.07) is 1.79. The maximum atomic E-state index is 12.4. The monoisotopic (exact) mass is 349 g/mol. The molecule has 0 bridgehead atoms. The summed E-state index contributed by atoms with van der Waals surface area (Å²) in [5, 5.41) is 0. The highest BCUT2D eigenvalue weighted by atomic mass is 79.9. The largest absolute Gasteiger partial charge is 0.334 e. The molecular formula is C11H12BrNO3S2. The molecule has 98 valence electrons. The van der Waals surface area contributed by atoms with E-state index in [0.717, 1.165) is 19.3 Å². The fraction of sp³-hybridized carbons (Fsp3) is 0.545. The summed E-state index contributed by atoms with van der Waals surface area (Å²) in [5.41, 5.74) is 0. The molecule has 3 rings (SSSR count). The number of carbonyl (C=O) groups is 1. The number of carbonyl (C=O) groups excluding carboxylic acids is 1. The molecule has 1 aliphatic carbocycles. The Labute approximate surface area is 118 Å². The van der Waals surface area contributed by atoms with Gasteiger partial charge in [0.25, 0.3) is 5.91 Å². The van der Waals surface area contributed by atoms with E-state index in [1.54, 1.807) is 11.0 Å². The van der Waals surface area contributed by atoms with Crippen LogP contribution < -0.4 is 0 Å². The highest BCUT2D eigenvalue weighted by Gasteiger charge is 2.37. The van der Waals surface area contributed by atoms with Crippen molar-refractivity contribution in [2.75, 3.05) is 12.3 Å². The van der Waals surface area contributed by atoms with Crippen LogP contribution in [0.1, 0.15) is 28.9 Å². The topological polar surface area (TPSA) is 54.5 Å². The van der Waals surface area contributed by atoms with Gasteiger partial charge in [0.05, 0.1) is 14.4 Å². The van der Waals surface area contributed by atoms with Crippen molar-refractivity contribution in [3.05, 3.63) is 14.7 Å². The smallest absolute Gasteiger partial charge is 0.265 e. The van der Waals surface area contributed by atoms with E-state index >= 15 is 0 Å². The molecule has 1 aromatic heterocycles. The lowest BCUT2D eigenvalue weighted by Gasteiger charge is -2.36. The van der Waals surface area contributed by atoms with Gasteiger partial charge < -0.3 is 4.90 Å². The second kappa shape index (κ2) is 4.31. The summed E-state index contributed by atoms with van der Waals surface area (Å²) in [4.78, 5) is 14.7. The van der Waals surface area contributed by atoms with E-state index < -0.39 is 9.84 Å². The zero-order valence-corrected chi connectivity index (χ0v) is 12.8. The molecule has 7 heteroatoms. The second-order valence-corrected chi connectivity index (χ2v) is 9.16. The number of sulfone groups is 1. The maximum absolute atomic E-state index is 12.4. The normalized spacial score (nSPS) is 23.4. The van der Waals surface area contributed by atoms with Crippen molar-refractivity contribution in [1.82, 2.24) is 4.90 Å². The SMILES string of the molecule is O=C1c2sc(Br)cc2S(=O)(=O)CCN1C1CCC1. The van der Waals surface area contributed by atoms with Crippen LogP contribution >= 0.6 is 27.3 Å². The van der Waals surface area contributed by atoms with Crippen LogP contribution in [0.3, 0.4) is 0 Å².